The standard InChI is InChI=1S/C12H15BrN2O3/c1-7(2)15(6-11(16)17)12(18)8-3-4-9(13)10(14)5-8/h3-5,7H,6,14H2,1-2H3,(H,16,17). The van der Waals surface area contributed by atoms with Crippen LogP contribution >= 0.6 is 15.9 Å². The third kappa shape index (κ3) is 3.46. The van der Waals surface area contributed by atoms with Gasteiger partial charge in [-0.25, -0.2) is 0 Å². The molecule has 0 aliphatic heterocycles. The molecule has 3 N–H and O–H groups in total. The molecular weight excluding hydrogens is 300 g/mol. The van der Waals surface area contributed by atoms with E-state index in [0.717, 1.165) is 0 Å². The van der Waals surface area contributed by atoms with Crippen LogP contribution in [0.4, 0.5) is 5.69 Å². The topological polar surface area (TPSA) is 83.6 Å². The molecule has 5 nitrogen and oxygen atoms in total. The van der Waals surface area contributed by atoms with Gasteiger partial charge in [0, 0.05) is 21.8 Å². The Balaban J connectivity index is 3.02. The smallest absolute Gasteiger partial charge is 0.323 e. The third-order valence-corrected chi connectivity index (χ3v) is 3.15. The van der Waals surface area contributed by atoms with Gasteiger partial charge in [-0.05, 0) is 48.0 Å². The molecule has 1 rings (SSSR count). The summed E-state index contributed by atoms with van der Waals surface area (Å²) in [6.45, 7) is 3.21. The fourth-order valence-corrected chi connectivity index (χ4v) is 1.72. The second-order valence-corrected chi connectivity index (χ2v) is 5.01. The van der Waals surface area contributed by atoms with Crippen LogP contribution < -0.4 is 5.73 Å². The number of carbonyl (C=O) groups is 2. The molecule has 0 bridgehead atoms. The molecule has 0 spiro atoms. The van der Waals surface area contributed by atoms with Crippen molar-refractivity contribution in [3.8, 4) is 0 Å². The van der Waals surface area contributed by atoms with E-state index in [1.807, 2.05) is 0 Å². The first-order chi connectivity index (χ1) is 8.32. The van der Waals surface area contributed by atoms with E-state index in [9.17, 15) is 9.59 Å². The average Bonchev–Trinajstić information content (AvgIpc) is 2.28. The van der Waals surface area contributed by atoms with Gasteiger partial charge in [0.05, 0.1) is 0 Å². The van der Waals surface area contributed by atoms with Crippen molar-refractivity contribution in [3.05, 3.63) is 28.2 Å². The monoisotopic (exact) mass is 314 g/mol. The van der Waals surface area contributed by atoms with Gasteiger partial charge >= 0.3 is 5.97 Å². The number of carboxylic acid groups (broad SMARTS) is 1. The number of amides is 1. The lowest BCUT2D eigenvalue weighted by Crippen LogP contribution is -2.40. The third-order valence-electron chi connectivity index (χ3n) is 2.43. The highest BCUT2D eigenvalue weighted by molar-refractivity contribution is 9.10. The number of hydrogen-bond acceptors (Lipinski definition) is 3. The first-order valence-corrected chi connectivity index (χ1v) is 6.20. The maximum atomic E-state index is 12.2. The van der Waals surface area contributed by atoms with Crippen LogP contribution in [0.5, 0.6) is 0 Å². The zero-order valence-corrected chi connectivity index (χ0v) is 11.8. The fraction of sp³-hybridized carbons (Fsp3) is 0.333. The SMILES string of the molecule is CC(C)N(CC(=O)O)C(=O)c1ccc(Br)c(N)c1. The lowest BCUT2D eigenvalue weighted by molar-refractivity contribution is -0.138. The van der Waals surface area contributed by atoms with E-state index in [1.165, 1.54) is 11.0 Å². The molecule has 98 valence electrons. The predicted molar refractivity (Wildman–Crippen MR) is 72.4 cm³/mol. The van der Waals surface area contributed by atoms with Crippen LogP contribution in [0, 0.1) is 0 Å². The Morgan fingerprint density at radius 1 is 1.44 bits per heavy atom. The highest BCUT2D eigenvalue weighted by Gasteiger charge is 2.21. The molecule has 0 heterocycles. The van der Waals surface area contributed by atoms with Crippen LogP contribution in [0.2, 0.25) is 0 Å². The van der Waals surface area contributed by atoms with E-state index in [0.29, 0.717) is 15.7 Å². The van der Waals surface area contributed by atoms with Crippen LogP contribution in [-0.2, 0) is 4.79 Å². The number of aliphatic carboxylic acids is 1. The summed E-state index contributed by atoms with van der Waals surface area (Å²) in [4.78, 5) is 24.2. The molecule has 1 amide bonds. The Bertz CT molecular complexity index is 474. The molecule has 0 radical (unpaired) electrons. The molecule has 1 aromatic rings. The summed E-state index contributed by atoms with van der Waals surface area (Å²) in [5, 5.41) is 8.80. The number of nitrogens with zero attached hydrogens (tertiary/aromatic N) is 1. The number of hydrogen-bond donors (Lipinski definition) is 2. The van der Waals surface area contributed by atoms with Crippen molar-refractivity contribution in [2.75, 3.05) is 12.3 Å². The second-order valence-electron chi connectivity index (χ2n) is 4.16. The number of carbonyl (C=O) groups excluding carboxylic acids is 1. The molecule has 0 aliphatic carbocycles. The largest absolute Gasteiger partial charge is 0.480 e. The minimum atomic E-state index is -1.04. The highest BCUT2D eigenvalue weighted by Crippen LogP contribution is 2.21. The van der Waals surface area contributed by atoms with Gasteiger partial charge in [-0.3, -0.25) is 9.59 Å². The molecule has 0 fully saturated rings. The predicted octanol–water partition coefficient (Wildman–Crippen LogP) is 1.97. The summed E-state index contributed by atoms with van der Waals surface area (Å²) in [5.74, 6) is -1.38. The Kier molecular flexibility index (Phi) is 4.72. The van der Waals surface area contributed by atoms with E-state index < -0.39 is 5.97 Å². The van der Waals surface area contributed by atoms with E-state index in [-0.39, 0.29) is 18.5 Å². The maximum Gasteiger partial charge on any atom is 0.323 e. The van der Waals surface area contributed by atoms with Crippen molar-refractivity contribution in [2.45, 2.75) is 19.9 Å². The summed E-state index contributed by atoms with van der Waals surface area (Å²) >= 11 is 3.24. The highest BCUT2D eigenvalue weighted by atomic mass is 79.9. The molecule has 0 unspecified atom stereocenters. The average molecular weight is 315 g/mol. The lowest BCUT2D eigenvalue weighted by Gasteiger charge is -2.25. The molecular formula is C12H15BrN2O3. The minimum absolute atomic E-state index is 0.196. The van der Waals surface area contributed by atoms with Crippen molar-refractivity contribution in [1.82, 2.24) is 4.90 Å². The summed E-state index contributed by atoms with van der Waals surface area (Å²) in [6, 6.07) is 4.62. The van der Waals surface area contributed by atoms with E-state index >= 15 is 0 Å². The molecule has 1 aromatic carbocycles. The Hall–Kier alpha value is -1.56. The molecule has 0 atom stereocenters. The molecule has 0 saturated carbocycles. The van der Waals surface area contributed by atoms with E-state index in [1.54, 1.807) is 26.0 Å². The zero-order chi connectivity index (χ0) is 13.9. The normalized spacial score (nSPS) is 10.4. The Morgan fingerprint density at radius 3 is 2.50 bits per heavy atom. The summed E-state index contributed by atoms with van der Waals surface area (Å²) in [5.41, 5.74) is 6.53. The quantitative estimate of drug-likeness (QED) is 0.832. The first-order valence-electron chi connectivity index (χ1n) is 5.40. The first kappa shape index (κ1) is 14.5. The van der Waals surface area contributed by atoms with E-state index in [4.69, 9.17) is 10.8 Å². The molecule has 18 heavy (non-hydrogen) atoms. The zero-order valence-electron chi connectivity index (χ0n) is 10.2. The van der Waals surface area contributed by atoms with Gasteiger partial charge < -0.3 is 15.7 Å². The van der Waals surface area contributed by atoms with Crippen LogP contribution in [0.15, 0.2) is 22.7 Å². The van der Waals surface area contributed by atoms with E-state index in [2.05, 4.69) is 15.9 Å². The number of rotatable bonds is 4. The Labute approximate surface area is 114 Å². The molecule has 6 heteroatoms. The second kappa shape index (κ2) is 5.86. The van der Waals surface area contributed by atoms with Crippen molar-refractivity contribution < 1.29 is 14.7 Å². The molecule has 0 saturated heterocycles. The fourth-order valence-electron chi connectivity index (χ4n) is 1.48. The van der Waals surface area contributed by atoms with Crippen molar-refractivity contribution in [2.24, 2.45) is 0 Å². The number of nitrogen functional groups attached to an aromatic ring is 1. The van der Waals surface area contributed by atoms with Gasteiger partial charge in [0.25, 0.3) is 5.91 Å². The summed E-state index contributed by atoms with van der Waals surface area (Å²) < 4.78 is 0.702. The minimum Gasteiger partial charge on any atom is -0.480 e. The van der Waals surface area contributed by atoms with Gasteiger partial charge in [0.1, 0.15) is 6.54 Å². The van der Waals surface area contributed by atoms with Crippen LogP contribution in [0.25, 0.3) is 0 Å². The van der Waals surface area contributed by atoms with Crippen LogP contribution in [-0.4, -0.2) is 34.5 Å². The lowest BCUT2D eigenvalue weighted by atomic mass is 10.1. The van der Waals surface area contributed by atoms with Gasteiger partial charge in [-0.2, -0.15) is 0 Å². The van der Waals surface area contributed by atoms with Crippen molar-refractivity contribution in [1.29, 1.82) is 0 Å². The Morgan fingerprint density at radius 2 is 2.06 bits per heavy atom. The van der Waals surface area contributed by atoms with Crippen LogP contribution in [0.1, 0.15) is 24.2 Å². The van der Waals surface area contributed by atoms with Gasteiger partial charge in [0.15, 0.2) is 0 Å². The number of halogens is 1. The number of benzene rings is 1. The summed E-state index contributed by atoms with van der Waals surface area (Å²) in [7, 11) is 0. The number of carboxylic acids is 1. The van der Waals surface area contributed by atoms with Crippen molar-refractivity contribution in [3.63, 3.8) is 0 Å². The number of anilines is 1. The number of nitrogens with two attached hydrogens (primary N) is 1. The maximum absolute atomic E-state index is 12.2. The van der Waals surface area contributed by atoms with Gasteiger partial charge in [-0.15, -0.1) is 0 Å². The van der Waals surface area contributed by atoms with Gasteiger partial charge in [-0.1, -0.05) is 0 Å². The summed E-state index contributed by atoms with van der Waals surface area (Å²) in [6.07, 6.45) is 0. The van der Waals surface area contributed by atoms with Gasteiger partial charge in [0.2, 0.25) is 0 Å². The van der Waals surface area contributed by atoms with Crippen LogP contribution in [0.3, 0.4) is 0 Å². The molecule has 0 aromatic heterocycles. The van der Waals surface area contributed by atoms with Crippen molar-refractivity contribution >= 4 is 33.5 Å². The molecule has 0 aliphatic rings.